The third-order valence-electron chi connectivity index (χ3n) is 4.04. The number of pyridine rings is 1. The van der Waals surface area contributed by atoms with Crippen molar-refractivity contribution in [2.24, 2.45) is 0 Å². The van der Waals surface area contributed by atoms with Crippen LogP contribution < -0.4 is 15.4 Å². The van der Waals surface area contributed by atoms with Gasteiger partial charge in [0.25, 0.3) is 0 Å². The maximum absolute atomic E-state index is 12.8. The number of nitrogens with zero attached hydrogens (tertiary/aromatic N) is 1. The molecule has 1 aromatic carbocycles. The number of aromatic nitrogens is 1. The van der Waals surface area contributed by atoms with Gasteiger partial charge >= 0.3 is 6.03 Å². The average molecular weight is 329 g/mol. The highest BCUT2D eigenvalue weighted by Gasteiger charge is 2.23. The number of amides is 2. The molecule has 0 aliphatic heterocycles. The molecule has 1 aromatic heterocycles. The minimum Gasteiger partial charge on any atom is -0.474 e. The van der Waals surface area contributed by atoms with Crippen molar-refractivity contribution in [2.45, 2.75) is 37.8 Å². The van der Waals surface area contributed by atoms with E-state index in [4.69, 9.17) is 4.74 Å². The van der Waals surface area contributed by atoms with Crippen molar-refractivity contribution in [1.82, 2.24) is 10.3 Å². The Labute approximate surface area is 140 Å². The molecule has 3 rings (SSSR count). The number of hydrogen-bond acceptors (Lipinski definition) is 3. The summed E-state index contributed by atoms with van der Waals surface area (Å²) in [7, 11) is 0. The fourth-order valence-electron chi connectivity index (χ4n) is 2.80. The van der Waals surface area contributed by atoms with Crippen molar-refractivity contribution in [3.8, 4) is 5.88 Å². The molecule has 1 aliphatic carbocycles. The van der Waals surface area contributed by atoms with E-state index in [1.807, 2.05) is 18.2 Å². The van der Waals surface area contributed by atoms with Crippen LogP contribution in [0.4, 0.5) is 14.9 Å². The highest BCUT2D eigenvalue weighted by Crippen LogP contribution is 2.22. The van der Waals surface area contributed by atoms with Gasteiger partial charge in [0.05, 0.1) is 0 Å². The molecule has 1 heterocycles. The highest BCUT2D eigenvalue weighted by molar-refractivity contribution is 5.89. The molecule has 24 heavy (non-hydrogen) atoms. The molecule has 1 saturated carbocycles. The first-order valence-electron chi connectivity index (χ1n) is 8.10. The number of hydrogen-bond donors (Lipinski definition) is 2. The fraction of sp³-hybridized carbons (Fsp3) is 0.333. The Morgan fingerprint density at radius 2 is 1.83 bits per heavy atom. The molecule has 0 saturated heterocycles. The van der Waals surface area contributed by atoms with E-state index >= 15 is 0 Å². The lowest BCUT2D eigenvalue weighted by Crippen LogP contribution is -2.41. The number of urea groups is 1. The molecule has 0 atom stereocenters. The molecule has 0 radical (unpaired) electrons. The first kappa shape index (κ1) is 16.2. The predicted molar refractivity (Wildman–Crippen MR) is 89.5 cm³/mol. The van der Waals surface area contributed by atoms with Crippen LogP contribution in [0, 0.1) is 5.82 Å². The van der Waals surface area contributed by atoms with Gasteiger partial charge in [-0.1, -0.05) is 6.07 Å². The second-order valence-corrected chi connectivity index (χ2v) is 5.86. The monoisotopic (exact) mass is 329 g/mol. The van der Waals surface area contributed by atoms with Crippen molar-refractivity contribution >= 4 is 11.7 Å². The summed E-state index contributed by atoms with van der Waals surface area (Å²) >= 11 is 0. The largest absolute Gasteiger partial charge is 0.474 e. The highest BCUT2D eigenvalue weighted by atomic mass is 19.1. The number of ether oxygens (including phenoxy) is 1. The normalized spacial score (nSPS) is 20.2. The first-order chi connectivity index (χ1) is 11.7. The van der Waals surface area contributed by atoms with E-state index in [9.17, 15) is 9.18 Å². The molecule has 6 heteroatoms. The van der Waals surface area contributed by atoms with Gasteiger partial charge in [0.2, 0.25) is 5.88 Å². The lowest BCUT2D eigenvalue weighted by atomic mass is 9.93. The van der Waals surface area contributed by atoms with Crippen molar-refractivity contribution in [3.05, 3.63) is 54.5 Å². The minimum absolute atomic E-state index is 0.119. The van der Waals surface area contributed by atoms with E-state index in [-0.39, 0.29) is 24.0 Å². The summed E-state index contributed by atoms with van der Waals surface area (Å²) in [6, 6.07) is 11.2. The quantitative estimate of drug-likeness (QED) is 0.898. The van der Waals surface area contributed by atoms with Gasteiger partial charge in [-0.15, -0.1) is 0 Å². The van der Waals surface area contributed by atoms with Crippen LogP contribution in [-0.2, 0) is 0 Å². The Morgan fingerprint density at radius 1 is 1.08 bits per heavy atom. The van der Waals surface area contributed by atoms with Crippen molar-refractivity contribution < 1.29 is 13.9 Å². The second kappa shape index (κ2) is 7.77. The number of nitrogens with one attached hydrogen (secondary N) is 2. The summed E-state index contributed by atoms with van der Waals surface area (Å²) in [4.78, 5) is 16.1. The number of benzene rings is 1. The van der Waals surface area contributed by atoms with Gasteiger partial charge in [-0.3, -0.25) is 0 Å². The van der Waals surface area contributed by atoms with Crippen LogP contribution in [0.25, 0.3) is 0 Å². The third kappa shape index (κ3) is 4.68. The van der Waals surface area contributed by atoms with Crippen LogP contribution in [0.3, 0.4) is 0 Å². The zero-order chi connectivity index (χ0) is 16.8. The lowest BCUT2D eigenvalue weighted by Gasteiger charge is -2.29. The first-order valence-corrected chi connectivity index (χ1v) is 8.10. The Morgan fingerprint density at radius 3 is 2.50 bits per heavy atom. The lowest BCUT2D eigenvalue weighted by molar-refractivity contribution is 0.135. The number of carbonyl (C=O) groups excluding carboxylic acids is 1. The van der Waals surface area contributed by atoms with Crippen LogP contribution in [0.15, 0.2) is 48.7 Å². The molecule has 1 aliphatic rings. The topological polar surface area (TPSA) is 63.2 Å². The molecule has 1 fully saturated rings. The van der Waals surface area contributed by atoms with Gasteiger partial charge < -0.3 is 15.4 Å². The zero-order valence-corrected chi connectivity index (χ0v) is 13.2. The van der Waals surface area contributed by atoms with E-state index in [0.29, 0.717) is 11.6 Å². The van der Waals surface area contributed by atoms with Crippen LogP contribution in [0.2, 0.25) is 0 Å². The van der Waals surface area contributed by atoms with Crippen LogP contribution >= 0.6 is 0 Å². The number of halogens is 1. The second-order valence-electron chi connectivity index (χ2n) is 5.86. The molecule has 126 valence electrons. The summed E-state index contributed by atoms with van der Waals surface area (Å²) in [5, 5.41) is 5.66. The van der Waals surface area contributed by atoms with Gasteiger partial charge in [0.1, 0.15) is 11.9 Å². The summed E-state index contributed by atoms with van der Waals surface area (Å²) in [5.74, 6) is 0.315. The van der Waals surface area contributed by atoms with Crippen LogP contribution in [-0.4, -0.2) is 23.2 Å². The molecular weight excluding hydrogens is 309 g/mol. The maximum atomic E-state index is 12.8. The van der Waals surface area contributed by atoms with Crippen LogP contribution in [0.5, 0.6) is 5.88 Å². The summed E-state index contributed by atoms with van der Waals surface area (Å²) in [6.07, 6.45) is 5.30. The predicted octanol–water partition coefficient (Wildman–Crippen LogP) is 3.73. The number of rotatable bonds is 4. The van der Waals surface area contributed by atoms with Gasteiger partial charge in [-0.05, 0) is 56.0 Å². The average Bonchev–Trinajstić information content (AvgIpc) is 2.60. The standard InChI is InChI=1S/C18H20FN3O2/c19-13-4-6-14(7-5-13)21-18(23)22-15-8-10-16(11-9-15)24-17-3-1-2-12-20-17/h1-7,12,15-16H,8-11H2,(H2,21,22,23). The molecule has 5 nitrogen and oxygen atoms in total. The zero-order valence-electron chi connectivity index (χ0n) is 13.2. The fourth-order valence-corrected chi connectivity index (χ4v) is 2.80. The Balaban J connectivity index is 1.41. The van der Waals surface area contributed by atoms with Crippen molar-refractivity contribution in [1.29, 1.82) is 0 Å². The van der Waals surface area contributed by atoms with Gasteiger partial charge in [0.15, 0.2) is 0 Å². The molecule has 0 unspecified atom stereocenters. The smallest absolute Gasteiger partial charge is 0.319 e. The number of anilines is 1. The SMILES string of the molecule is O=C(Nc1ccc(F)cc1)NC1CCC(Oc2ccccn2)CC1. The van der Waals surface area contributed by atoms with E-state index < -0.39 is 0 Å². The minimum atomic E-state index is -0.327. The molecule has 0 spiro atoms. The Hall–Kier alpha value is -2.63. The van der Waals surface area contributed by atoms with E-state index in [1.54, 1.807) is 6.20 Å². The van der Waals surface area contributed by atoms with Gasteiger partial charge in [-0.2, -0.15) is 0 Å². The number of carbonyl (C=O) groups is 1. The van der Waals surface area contributed by atoms with E-state index in [2.05, 4.69) is 15.6 Å². The summed E-state index contributed by atoms with van der Waals surface area (Å²) < 4.78 is 18.7. The van der Waals surface area contributed by atoms with E-state index in [1.165, 1.54) is 24.3 Å². The third-order valence-corrected chi connectivity index (χ3v) is 4.04. The molecule has 0 bridgehead atoms. The molecule has 2 aromatic rings. The maximum Gasteiger partial charge on any atom is 0.319 e. The molecule has 2 N–H and O–H groups in total. The summed E-state index contributed by atoms with van der Waals surface area (Å²) in [6.45, 7) is 0. The molecular formula is C18H20FN3O2. The Kier molecular flexibility index (Phi) is 5.25. The van der Waals surface area contributed by atoms with Gasteiger partial charge in [0, 0.05) is 24.0 Å². The van der Waals surface area contributed by atoms with E-state index in [0.717, 1.165) is 25.7 Å². The summed E-state index contributed by atoms with van der Waals surface area (Å²) in [5.41, 5.74) is 0.570. The molecule has 2 amide bonds. The van der Waals surface area contributed by atoms with Crippen molar-refractivity contribution in [3.63, 3.8) is 0 Å². The Bertz CT molecular complexity index is 656. The van der Waals surface area contributed by atoms with Crippen molar-refractivity contribution in [2.75, 3.05) is 5.32 Å². The van der Waals surface area contributed by atoms with Crippen LogP contribution in [0.1, 0.15) is 25.7 Å². The van der Waals surface area contributed by atoms with Gasteiger partial charge in [-0.25, -0.2) is 14.2 Å².